The third kappa shape index (κ3) is 6.42. The van der Waals surface area contributed by atoms with Crippen molar-refractivity contribution in [2.24, 2.45) is 5.92 Å². The highest BCUT2D eigenvalue weighted by Crippen LogP contribution is 2.27. The first-order chi connectivity index (χ1) is 14.2. The number of ether oxygens (including phenoxy) is 1. The molecule has 30 heavy (non-hydrogen) atoms. The van der Waals surface area contributed by atoms with Gasteiger partial charge in [0.2, 0.25) is 0 Å². The fraction of sp³-hybridized carbons (Fsp3) is 0.450. The second kappa shape index (κ2) is 10.1. The zero-order valence-electron chi connectivity index (χ0n) is 16.9. The van der Waals surface area contributed by atoms with Crippen LogP contribution in [0.1, 0.15) is 24.2 Å². The van der Waals surface area contributed by atoms with Crippen LogP contribution in [0.25, 0.3) is 0 Å². The molecule has 2 heterocycles. The number of sulfonamides is 1. The van der Waals surface area contributed by atoms with Crippen LogP contribution in [-0.4, -0.2) is 58.1 Å². The van der Waals surface area contributed by atoms with Crippen molar-refractivity contribution in [3.63, 3.8) is 0 Å². The molecule has 0 aliphatic carbocycles. The molecule has 0 saturated carbocycles. The molecule has 7 nitrogen and oxygen atoms in total. The normalized spacial score (nSPS) is 17.8. The number of thiophene rings is 1. The zero-order chi connectivity index (χ0) is 21.7. The molecule has 1 atom stereocenters. The molecular formula is C20H26ClN3O4S2. The van der Waals surface area contributed by atoms with E-state index in [1.54, 1.807) is 24.3 Å². The highest BCUT2D eigenvalue weighted by Gasteiger charge is 2.22. The third-order valence-electron chi connectivity index (χ3n) is 4.55. The van der Waals surface area contributed by atoms with E-state index in [-0.39, 0.29) is 16.2 Å². The molecule has 10 heteroatoms. The number of anilines is 1. The molecule has 1 aromatic carbocycles. The molecule has 1 unspecified atom stereocenters. The molecule has 1 aliphatic heterocycles. The number of amides is 1. The minimum absolute atomic E-state index is 0.0369. The van der Waals surface area contributed by atoms with Gasteiger partial charge in [-0.3, -0.25) is 14.4 Å². The smallest absolute Gasteiger partial charge is 0.271 e. The van der Waals surface area contributed by atoms with Crippen molar-refractivity contribution in [1.82, 2.24) is 10.2 Å². The highest BCUT2D eigenvalue weighted by atomic mass is 35.5. The average Bonchev–Trinajstić information content (AvgIpc) is 3.14. The van der Waals surface area contributed by atoms with Crippen molar-refractivity contribution in [2.45, 2.75) is 24.2 Å². The fourth-order valence-corrected chi connectivity index (χ4v) is 5.77. The minimum atomic E-state index is -3.70. The number of nitrogens with one attached hydrogen (secondary N) is 2. The van der Waals surface area contributed by atoms with Crippen LogP contribution in [0.3, 0.4) is 0 Å². The van der Waals surface area contributed by atoms with Crippen molar-refractivity contribution >= 4 is 44.6 Å². The van der Waals surface area contributed by atoms with E-state index >= 15 is 0 Å². The van der Waals surface area contributed by atoms with Crippen molar-refractivity contribution in [2.75, 3.05) is 37.5 Å². The van der Waals surface area contributed by atoms with Crippen LogP contribution in [0.15, 0.2) is 40.6 Å². The molecule has 0 bridgehead atoms. The van der Waals surface area contributed by atoms with Crippen LogP contribution in [-0.2, 0) is 14.8 Å². The summed E-state index contributed by atoms with van der Waals surface area (Å²) in [5.41, 5.74) is 0.822. The molecule has 1 aromatic heterocycles. The Morgan fingerprint density at radius 3 is 2.63 bits per heavy atom. The lowest BCUT2D eigenvalue weighted by Gasteiger charge is -2.33. The Kier molecular flexibility index (Phi) is 7.75. The number of halogens is 1. The van der Waals surface area contributed by atoms with E-state index in [4.69, 9.17) is 16.3 Å². The first-order valence-corrected chi connectivity index (χ1v) is 12.4. The maximum absolute atomic E-state index is 12.4. The van der Waals surface area contributed by atoms with Gasteiger partial charge < -0.3 is 10.1 Å². The van der Waals surface area contributed by atoms with E-state index in [1.165, 1.54) is 12.1 Å². The summed E-state index contributed by atoms with van der Waals surface area (Å²) in [6.07, 6.45) is -0.0369. The van der Waals surface area contributed by atoms with Crippen molar-refractivity contribution in [1.29, 1.82) is 0 Å². The summed E-state index contributed by atoms with van der Waals surface area (Å²) in [7, 11) is -3.70. The van der Waals surface area contributed by atoms with E-state index in [9.17, 15) is 13.2 Å². The molecule has 2 aromatic rings. The van der Waals surface area contributed by atoms with Gasteiger partial charge in [0.25, 0.3) is 15.9 Å². The standard InChI is InChI=1S/C20H26ClN3O4S2/c1-14(2)12-24-9-10-28-17(13-24)11-22-20(25)15-3-5-16(6-4-15)23-30(26,27)19-8-7-18(21)29-19/h3-8,14,17,23H,9-13H2,1-2H3,(H,22,25). The molecular weight excluding hydrogens is 446 g/mol. The zero-order valence-corrected chi connectivity index (χ0v) is 19.3. The van der Waals surface area contributed by atoms with Crippen LogP contribution in [0.2, 0.25) is 4.34 Å². The summed E-state index contributed by atoms with van der Waals surface area (Å²) in [5, 5.41) is 2.90. The lowest BCUT2D eigenvalue weighted by molar-refractivity contribution is -0.0295. The fourth-order valence-electron chi connectivity index (χ4n) is 3.23. The number of morpholine rings is 1. The van der Waals surface area contributed by atoms with Gasteiger partial charge in [0.1, 0.15) is 4.21 Å². The minimum Gasteiger partial charge on any atom is -0.374 e. The topological polar surface area (TPSA) is 87.7 Å². The Balaban J connectivity index is 1.52. The third-order valence-corrected chi connectivity index (χ3v) is 7.65. The summed E-state index contributed by atoms with van der Waals surface area (Å²) in [4.78, 5) is 14.8. The number of benzene rings is 1. The molecule has 1 amide bonds. The predicted octanol–water partition coefficient (Wildman–Crippen LogP) is 3.29. The Labute approximate surface area is 186 Å². The van der Waals surface area contributed by atoms with Gasteiger partial charge in [-0.05, 0) is 42.3 Å². The first kappa shape index (κ1) is 23.0. The predicted molar refractivity (Wildman–Crippen MR) is 120 cm³/mol. The summed E-state index contributed by atoms with van der Waals surface area (Å²) in [5.74, 6) is 0.366. The van der Waals surface area contributed by atoms with E-state index in [2.05, 4.69) is 28.8 Å². The Morgan fingerprint density at radius 2 is 2.00 bits per heavy atom. The van der Waals surface area contributed by atoms with E-state index < -0.39 is 10.0 Å². The van der Waals surface area contributed by atoms with Crippen LogP contribution in [0.4, 0.5) is 5.69 Å². The molecule has 1 fully saturated rings. The van der Waals surface area contributed by atoms with Gasteiger partial charge in [0.15, 0.2) is 0 Å². The van der Waals surface area contributed by atoms with Crippen LogP contribution in [0.5, 0.6) is 0 Å². The summed E-state index contributed by atoms with van der Waals surface area (Å²) in [6.45, 7) is 8.20. The maximum Gasteiger partial charge on any atom is 0.271 e. The quantitative estimate of drug-likeness (QED) is 0.616. The van der Waals surface area contributed by atoms with Crippen LogP contribution >= 0.6 is 22.9 Å². The molecule has 164 valence electrons. The largest absolute Gasteiger partial charge is 0.374 e. The first-order valence-electron chi connectivity index (χ1n) is 9.73. The number of nitrogens with zero attached hydrogens (tertiary/aromatic N) is 1. The highest BCUT2D eigenvalue weighted by molar-refractivity contribution is 7.94. The van der Waals surface area contributed by atoms with Gasteiger partial charge >= 0.3 is 0 Å². The van der Waals surface area contributed by atoms with E-state index in [0.29, 0.717) is 34.7 Å². The molecule has 1 saturated heterocycles. The summed E-state index contributed by atoms with van der Waals surface area (Å²) < 4.78 is 33.5. The van der Waals surface area contributed by atoms with E-state index in [0.717, 1.165) is 31.0 Å². The number of rotatable bonds is 8. The Morgan fingerprint density at radius 1 is 1.27 bits per heavy atom. The number of hydrogen-bond acceptors (Lipinski definition) is 6. The lowest BCUT2D eigenvalue weighted by atomic mass is 10.1. The number of carbonyl (C=O) groups excluding carboxylic acids is 1. The maximum atomic E-state index is 12.4. The number of carbonyl (C=O) groups is 1. The lowest BCUT2D eigenvalue weighted by Crippen LogP contribution is -2.48. The Hall–Kier alpha value is -1.65. The molecule has 0 spiro atoms. The second-order valence-electron chi connectivity index (χ2n) is 7.60. The second-order valence-corrected chi connectivity index (χ2v) is 11.2. The SMILES string of the molecule is CC(C)CN1CCOC(CNC(=O)c2ccc(NS(=O)(=O)c3ccc(Cl)s3)cc2)C1. The Bertz CT molecular complexity index is 961. The summed E-state index contributed by atoms with van der Waals surface area (Å²) >= 11 is 6.79. The van der Waals surface area contributed by atoms with Crippen molar-refractivity contribution < 1.29 is 17.9 Å². The van der Waals surface area contributed by atoms with Gasteiger partial charge in [-0.2, -0.15) is 0 Å². The van der Waals surface area contributed by atoms with E-state index in [1.807, 2.05) is 0 Å². The van der Waals surface area contributed by atoms with Crippen molar-refractivity contribution in [3.8, 4) is 0 Å². The van der Waals surface area contributed by atoms with Gasteiger partial charge in [0, 0.05) is 37.4 Å². The van der Waals surface area contributed by atoms with Gasteiger partial charge in [-0.15, -0.1) is 11.3 Å². The summed E-state index contributed by atoms with van der Waals surface area (Å²) in [6, 6.07) is 9.27. The van der Waals surface area contributed by atoms with Crippen LogP contribution in [0, 0.1) is 5.92 Å². The van der Waals surface area contributed by atoms with Gasteiger partial charge in [-0.1, -0.05) is 25.4 Å². The molecule has 1 aliphatic rings. The molecule has 2 N–H and O–H groups in total. The van der Waals surface area contributed by atoms with Gasteiger partial charge in [0.05, 0.1) is 17.0 Å². The molecule has 0 radical (unpaired) electrons. The van der Waals surface area contributed by atoms with Crippen LogP contribution < -0.4 is 10.0 Å². The monoisotopic (exact) mass is 471 g/mol. The van der Waals surface area contributed by atoms with Gasteiger partial charge in [-0.25, -0.2) is 8.42 Å². The number of hydrogen-bond donors (Lipinski definition) is 2. The molecule has 3 rings (SSSR count). The average molecular weight is 472 g/mol. The van der Waals surface area contributed by atoms with Crippen molar-refractivity contribution in [3.05, 3.63) is 46.3 Å².